The Kier molecular flexibility index (Phi) is 5.17. The van der Waals surface area contributed by atoms with Crippen LogP contribution >= 0.6 is 0 Å². The van der Waals surface area contributed by atoms with Crippen molar-refractivity contribution in [1.29, 1.82) is 0 Å². The molecule has 24 heavy (non-hydrogen) atoms. The fraction of sp³-hybridized carbons (Fsp3) is 0.263. The fourth-order valence-electron chi connectivity index (χ4n) is 2.30. The Labute approximate surface area is 141 Å². The normalized spacial score (nSPS) is 16.5. The third-order valence-electron chi connectivity index (χ3n) is 3.55. The summed E-state index contributed by atoms with van der Waals surface area (Å²) in [6.45, 7) is 5.43. The number of allylic oxidation sites excluding steroid dienone is 3. The summed E-state index contributed by atoms with van der Waals surface area (Å²) in [7, 11) is 0. The Morgan fingerprint density at radius 2 is 1.79 bits per heavy atom. The minimum Gasteiger partial charge on any atom is -0.272 e. The molecule has 2 amide bonds. The van der Waals surface area contributed by atoms with Crippen LogP contribution in [0.2, 0.25) is 0 Å². The van der Waals surface area contributed by atoms with Crippen LogP contribution in [0.25, 0.3) is 0 Å². The van der Waals surface area contributed by atoms with Crippen LogP contribution < -0.4 is 5.43 Å². The quantitative estimate of drug-likeness (QED) is 0.671. The van der Waals surface area contributed by atoms with Crippen LogP contribution in [-0.4, -0.2) is 28.3 Å². The SMILES string of the molecule is CC(C)(C)N(NC(=O)c1ccccc1)C(=O)C1C=CC=CC1=C=O. The van der Waals surface area contributed by atoms with Gasteiger partial charge >= 0.3 is 0 Å². The molecule has 0 radical (unpaired) electrons. The second kappa shape index (κ2) is 7.11. The second-order valence-electron chi connectivity index (χ2n) is 6.43. The highest BCUT2D eigenvalue weighted by Crippen LogP contribution is 2.22. The van der Waals surface area contributed by atoms with E-state index in [4.69, 9.17) is 0 Å². The molecule has 0 spiro atoms. The van der Waals surface area contributed by atoms with Gasteiger partial charge in [0.2, 0.25) is 0 Å². The summed E-state index contributed by atoms with van der Waals surface area (Å²) in [5.74, 6) is 0.266. The highest BCUT2D eigenvalue weighted by molar-refractivity contribution is 5.96. The van der Waals surface area contributed by atoms with E-state index in [9.17, 15) is 14.4 Å². The van der Waals surface area contributed by atoms with Crippen LogP contribution in [0.4, 0.5) is 0 Å². The van der Waals surface area contributed by atoms with Crippen molar-refractivity contribution in [2.75, 3.05) is 0 Å². The highest BCUT2D eigenvalue weighted by Gasteiger charge is 2.34. The van der Waals surface area contributed by atoms with Gasteiger partial charge in [-0.1, -0.05) is 36.4 Å². The first kappa shape index (κ1) is 17.4. The van der Waals surface area contributed by atoms with E-state index < -0.39 is 11.5 Å². The van der Waals surface area contributed by atoms with Crippen molar-refractivity contribution < 1.29 is 14.4 Å². The fourth-order valence-corrected chi connectivity index (χ4v) is 2.30. The lowest BCUT2D eigenvalue weighted by Gasteiger charge is -2.37. The van der Waals surface area contributed by atoms with Gasteiger partial charge in [-0.05, 0) is 39.0 Å². The molecule has 2 rings (SSSR count). The van der Waals surface area contributed by atoms with Crippen molar-refractivity contribution in [3.8, 4) is 0 Å². The maximum Gasteiger partial charge on any atom is 0.269 e. The van der Waals surface area contributed by atoms with Crippen molar-refractivity contribution >= 4 is 17.8 Å². The molecule has 0 heterocycles. The molecular weight excluding hydrogens is 304 g/mol. The van der Waals surface area contributed by atoms with E-state index in [-0.39, 0.29) is 17.4 Å². The standard InChI is InChI=1S/C19H20N2O3/c1-19(2,3)21(20-17(23)14-9-5-4-6-10-14)18(24)16-12-8-7-11-15(16)13-22/h4-12,16H,1-3H3,(H,20,23). The van der Waals surface area contributed by atoms with Crippen molar-refractivity contribution in [2.24, 2.45) is 5.92 Å². The maximum absolute atomic E-state index is 12.9. The number of rotatable bonds is 2. The Balaban J connectivity index is 2.28. The van der Waals surface area contributed by atoms with E-state index in [1.165, 1.54) is 5.01 Å². The molecule has 5 nitrogen and oxygen atoms in total. The lowest BCUT2D eigenvalue weighted by Crippen LogP contribution is -2.57. The maximum atomic E-state index is 12.9. The van der Waals surface area contributed by atoms with Gasteiger partial charge in [0, 0.05) is 5.56 Å². The number of benzene rings is 1. The van der Waals surface area contributed by atoms with Crippen molar-refractivity contribution in [2.45, 2.75) is 26.3 Å². The summed E-state index contributed by atoms with van der Waals surface area (Å²) in [4.78, 5) is 36.4. The summed E-state index contributed by atoms with van der Waals surface area (Å²) >= 11 is 0. The van der Waals surface area contributed by atoms with Crippen LogP contribution in [0.3, 0.4) is 0 Å². The zero-order valence-electron chi connectivity index (χ0n) is 13.9. The molecular formula is C19H20N2O3. The first-order chi connectivity index (χ1) is 11.3. The summed E-state index contributed by atoms with van der Waals surface area (Å²) in [6.07, 6.45) is 6.54. The molecule has 0 aromatic heterocycles. The Hall–Kier alpha value is -2.91. The first-order valence-corrected chi connectivity index (χ1v) is 7.64. The zero-order valence-corrected chi connectivity index (χ0v) is 13.9. The first-order valence-electron chi connectivity index (χ1n) is 7.64. The largest absolute Gasteiger partial charge is 0.272 e. The summed E-state index contributed by atoms with van der Waals surface area (Å²) < 4.78 is 0. The summed E-state index contributed by atoms with van der Waals surface area (Å²) in [5, 5.41) is 1.27. The van der Waals surface area contributed by atoms with Gasteiger partial charge in [-0.2, -0.15) is 0 Å². The molecule has 0 bridgehead atoms. The molecule has 1 aliphatic carbocycles. The third-order valence-corrected chi connectivity index (χ3v) is 3.55. The van der Waals surface area contributed by atoms with Crippen molar-refractivity contribution in [3.05, 3.63) is 65.8 Å². The van der Waals surface area contributed by atoms with E-state index >= 15 is 0 Å². The minimum absolute atomic E-state index is 0.241. The number of nitrogens with zero attached hydrogens (tertiary/aromatic N) is 1. The van der Waals surface area contributed by atoms with Gasteiger partial charge in [0.05, 0.1) is 17.0 Å². The van der Waals surface area contributed by atoms with E-state index in [1.54, 1.807) is 54.5 Å². The number of hydrazine groups is 1. The van der Waals surface area contributed by atoms with Crippen molar-refractivity contribution in [1.82, 2.24) is 10.4 Å². The number of amides is 2. The molecule has 0 saturated carbocycles. The van der Waals surface area contributed by atoms with Crippen LogP contribution in [-0.2, 0) is 9.59 Å². The minimum atomic E-state index is -0.761. The number of hydrogen-bond donors (Lipinski definition) is 1. The molecule has 1 aromatic carbocycles. The Morgan fingerprint density at radius 3 is 2.38 bits per heavy atom. The Morgan fingerprint density at radius 1 is 1.12 bits per heavy atom. The van der Waals surface area contributed by atoms with Gasteiger partial charge in [-0.15, -0.1) is 0 Å². The van der Waals surface area contributed by atoms with Gasteiger partial charge in [-0.3, -0.25) is 15.0 Å². The molecule has 124 valence electrons. The topological polar surface area (TPSA) is 66.5 Å². The highest BCUT2D eigenvalue weighted by atomic mass is 16.2. The smallest absolute Gasteiger partial charge is 0.269 e. The van der Waals surface area contributed by atoms with E-state index in [1.807, 2.05) is 26.8 Å². The van der Waals surface area contributed by atoms with Gasteiger partial charge in [0.25, 0.3) is 11.8 Å². The van der Waals surface area contributed by atoms with Crippen LogP contribution in [0.1, 0.15) is 31.1 Å². The van der Waals surface area contributed by atoms with E-state index in [0.717, 1.165) is 0 Å². The van der Waals surface area contributed by atoms with E-state index in [2.05, 4.69) is 5.43 Å². The van der Waals surface area contributed by atoms with Crippen molar-refractivity contribution in [3.63, 3.8) is 0 Å². The number of carbonyl (C=O) groups excluding carboxylic acids is 3. The van der Waals surface area contributed by atoms with Crippen LogP contribution in [0.15, 0.2) is 60.2 Å². The number of hydrogen-bond acceptors (Lipinski definition) is 3. The average molecular weight is 324 g/mol. The monoisotopic (exact) mass is 324 g/mol. The predicted octanol–water partition coefficient (Wildman–Crippen LogP) is 2.46. The van der Waals surface area contributed by atoms with Gasteiger partial charge in [0.15, 0.2) is 0 Å². The lowest BCUT2D eigenvalue weighted by atomic mass is 9.93. The number of carbonyl (C=O) groups is 2. The second-order valence-corrected chi connectivity index (χ2v) is 6.43. The van der Waals surface area contributed by atoms with Crippen LogP contribution in [0.5, 0.6) is 0 Å². The molecule has 0 saturated heterocycles. The molecule has 5 heteroatoms. The van der Waals surface area contributed by atoms with Gasteiger partial charge in [0.1, 0.15) is 5.94 Å². The zero-order chi connectivity index (χ0) is 17.7. The third kappa shape index (κ3) is 3.89. The molecule has 1 aromatic rings. The number of nitrogens with one attached hydrogen (secondary N) is 1. The summed E-state index contributed by atoms with van der Waals surface area (Å²) in [6, 6.07) is 8.64. The Bertz CT molecular complexity index is 736. The molecule has 1 N–H and O–H groups in total. The van der Waals surface area contributed by atoms with Crippen LogP contribution in [0, 0.1) is 5.92 Å². The predicted molar refractivity (Wildman–Crippen MR) is 91.5 cm³/mol. The van der Waals surface area contributed by atoms with E-state index in [0.29, 0.717) is 5.56 Å². The molecule has 0 aliphatic heterocycles. The average Bonchev–Trinajstić information content (AvgIpc) is 2.58. The lowest BCUT2D eigenvalue weighted by molar-refractivity contribution is -0.141. The molecule has 1 atom stereocenters. The summed E-state index contributed by atoms with van der Waals surface area (Å²) in [5.41, 5.74) is 2.69. The molecule has 1 unspecified atom stereocenters. The van der Waals surface area contributed by atoms with Gasteiger partial charge in [-0.25, -0.2) is 9.80 Å². The molecule has 0 fully saturated rings. The molecule has 1 aliphatic rings. The van der Waals surface area contributed by atoms with Gasteiger partial charge < -0.3 is 0 Å².